The molecule has 0 heterocycles. The largest absolute Gasteiger partial charge is 0.463 e. The summed E-state index contributed by atoms with van der Waals surface area (Å²) in [6.07, 6.45) is 0.793. The summed E-state index contributed by atoms with van der Waals surface area (Å²) in [6.45, 7) is 3.50. The van der Waals surface area contributed by atoms with Crippen molar-refractivity contribution < 1.29 is 19.1 Å². The maximum Gasteiger partial charge on any atom is 0.340 e. The molecule has 0 saturated heterocycles. The van der Waals surface area contributed by atoms with Gasteiger partial charge in [0.2, 0.25) is 0 Å². The number of rotatable bonds is 5. The zero-order chi connectivity index (χ0) is 11.7. The minimum absolute atomic E-state index is 0.125. The summed E-state index contributed by atoms with van der Waals surface area (Å²) in [5.41, 5.74) is 7.74. The van der Waals surface area contributed by atoms with Gasteiger partial charge in [-0.15, -0.1) is 0 Å². The average Bonchev–Trinajstić information content (AvgIpc) is 2.18. The minimum atomic E-state index is -0.858. The quantitative estimate of drug-likeness (QED) is 0.226. The Hall–Kier alpha value is -2.01. The van der Waals surface area contributed by atoms with Crippen LogP contribution < -0.4 is 0 Å². The summed E-state index contributed by atoms with van der Waals surface area (Å²) in [6, 6.07) is 0. The van der Waals surface area contributed by atoms with Crippen molar-refractivity contribution in [1.29, 1.82) is 0 Å². The van der Waals surface area contributed by atoms with E-state index in [2.05, 4.69) is 19.5 Å². The molecule has 0 amide bonds. The van der Waals surface area contributed by atoms with Crippen molar-refractivity contribution in [2.75, 3.05) is 13.2 Å². The van der Waals surface area contributed by atoms with Gasteiger partial charge in [0.1, 0.15) is 5.70 Å². The van der Waals surface area contributed by atoms with E-state index in [4.69, 9.17) is 5.53 Å². The summed E-state index contributed by atoms with van der Waals surface area (Å²) < 4.78 is 9.10. The molecule has 0 aliphatic heterocycles. The fraction of sp³-hybridized carbons (Fsp3) is 0.500. The third kappa shape index (κ3) is 5.33. The van der Waals surface area contributed by atoms with Gasteiger partial charge in [0.05, 0.1) is 13.2 Å². The molecule has 0 aliphatic carbocycles. The summed E-state index contributed by atoms with van der Waals surface area (Å²) in [5.74, 6) is -1.61. The average molecular weight is 213 g/mol. The molecule has 0 spiro atoms. The molecule has 0 aromatic heterocycles. The molecule has 0 aromatic carbocycles. The molecule has 0 aliphatic rings. The molecule has 0 fully saturated rings. The second-order valence-corrected chi connectivity index (χ2v) is 2.19. The van der Waals surface area contributed by atoms with Crippen LogP contribution in [0.3, 0.4) is 0 Å². The highest BCUT2D eigenvalue weighted by molar-refractivity contribution is 5.96. The van der Waals surface area contributed by atoms with Crippen LogP contribution in [0.5, 0.6) is 0 Å². The zero-order valence-corrected chi connectivity index (χ0v) is 8.47. The number of carbonyl (C=O) groups is 2. The van der Waals surface area contributed by atoms with Gasteiger partial charge in [0, 0.05) is 11.0 Å². The topological polar surface area (TPSA) is 101 Å². The smallest absolute Gasteiger partial charge is 0.340 e. The molecule has 0 saturated carbocycles. The monoisotopic (exact) mass is 213 g/mol. The number of hydrogen-bond acceptors (Lipinski definition) is 5. The Bertz CT molecular complexity index is 318. The van der Waals surface area contributed by atoms with Gasteiger partial charge in [-0.1, -0.05) is 5.11 Å². The first-order chi connectivity index (χ1) is 7.15. The van der Waals surface area contributed by atoms with E-state index in [-0.39, 0.29) is 13.2 Å². The van der Waals surface area contributed by atoms with Gasteiger partial charge in [-0.25, -0.2) is 9.59 Å². The fourth-order valence-corrected chi connectivity index (χ4v) is 0.677. The van der Waals surface area contributed by atoms with E-state index in [1.165, 1.54) is 0 Å². The van der Waals surface area contributed by atoms with Crippen molar-refractivity contribution in [3.63, 3.8) is 0 Å². The van der Waals surface area contributed by atoms with Crippen LogP contribution in [-0.4, -0.2) is 25.2 Å². The SMILES string of the molecule is CCOC(=O)/C=C(\N=[N+]=[N-])C(=O)OCC. The highest BCUT2D eigenvalue weighted by atomic mass is 16.5. The molecule has 0 atom stereocenters. The van der Waals surface area contributed by atoms with Gasteiger partial charge in [0.15, 0.2) is 0 Å². The molecule has 0 radical (unpaired) electrons. The van der Waals surface area contributed by atoms with E-state index >= 15 is 0 Å². The van der Waals surface area contributed by atoms with Crippen LogP contribution in [-0.2, 0) is 19.1 Å². The van der Waals surface area contributed by atoms with E-state index < -0.39 is 17.6 Å². The van der Waals surface area contributed by atoms with Gasteiger partial charge in [-0.05, 0) is 19.4 Å². The maximum atomic E-state index is 11.1. The molecule has 0 bridgehead atoms. The van der Waals surface area contributed by atoms with Crippen LogP contribution in [0.4, 0.5) is 0 Å². The minimum Gasteiger partial charge on any atom is -0.463 e. The fourth-order valence-electron chi connectivity index (χ4n) is 0.677. The molecular formula is C8H11N3O4. The summed E-state index contributed by atoms with van der Waals surface area (Å²) in [5, 5.41) is 3.03. The highest BCUT2D eigenvalue weighted by Crippen LogP contribution is 2.01. The van der Waals surface area contributed by atoms with Crippen molar-refractivity contribution in [3.05, 3.63) is 22.2 Å². The molecule has 0 rings (SSSR count). The van der Waals surface area contributed by atoms with Crippen LogP contribution in [0, 0.1) is 0 Å². The van der Waals surface area contributed by atoms with E-state index in [1.807, 2.05) is 0 Å². The van der Waals surface area contributed by atoms with Crippen LogP contribution in [0.25, 0.3) is 10.4 Å². The lowest BCUT2D eigenvalue weighted by atomic mass is 10.4. The van der Waals surface area contributed by atoms with Crippen molar-refractivity contribution in [1.82, 2.24) is 0 Å². The van der Waals surface area contributed by atoms with E-state index in [0.29, 0.717) is 0 Å². The Morgan fingerprint density at radius 1 is 1.33 bits per heavy atom. The van der Waals surface area contributed by atoms with Crippen molar-refractivity contribution in [2.45, 2.75) is 13.8 Å². The molecule has 0 unspecified atom stereocenters. The highest BCUT2D eigenvalue weighted by Gasteiger charge is 2.11. The predicted octanol–water partition coefficient (Wildman–Crippen LogP) is 1.31. The number of ether oxygens (including phenoxy) is 2. The van der Waals surface area contributed by atoms with Crippen LogP contribution >= 0.6 is 0 Å². The summed E-state index contributed by atoms with van der Waals surface area (Å²) in [7, 11) is 0. The van der Waals surface area contributed by atoms with Crippen LogP contribution in [0.15, 0.2) is 16.9 Å². The maximum absolute atomic E-state index is 11.1. The van der Waals surface area contributed by atoms with Crippen molar-refractivity contribution >= 4 is 11.9 Å². The summed E-state index contributed by atoms with van der Waals surface area (Å²) >= 11 is 0. The Morgan fingerprint density at radius 2 is 1.93 bits per heavy atom. The molecule has 0 N–H and O–H groups in total. The Balaban J connectivity index is 4.71. The number of nitrogens with zero attached hydrogens (tertiary/aromatic N) is 3. The Labute approximate surface area is 86.3 Å². The second kappa shape index (κ2) is 7.40. The van der Waals surface area contributed by atoms with E-state index in [0.717, 1.165) is 6.08 Å². The molecule has 7 nitrogen and oxygen atoms in total. The Morgan fingerprint density at radius 3 is 2.40 bits per heavy atom. The second-order valence-electron chi connectivity index (χ2n) is 2.19. The first-order valence-electron chi connectivity index (χ1n) is 4.26. The lowest BCUT2D eigenvalue weighted by Gasteiger charge is -2.00. The number of carbonyl (C=O) groups excluding carboxylic acids is 2. The van der Waals surface area contributed by atoms with E-state index in [9.17, 15) is 9.59 Å². The zero-order valence-electron chi connectivity index (χ0n) is 8.47. The van der Waals surface area contributed by atoms with Crippen LogP contribution in [0.1, 0.15) is 13.8 Å². The predicted molar refractivity (Wildman–Crippen MR) is 50.5 cm³/mol. The lowest BCUT2D eigenvalue weighted by Crippen LogP contribution is -2.09. The first-order valence-corrected chi connectivity index (χ1v) is 4.26. The first kappa shape index (κ1) is 13.0. The number of azide groups is 1. The van der Waals surface area contributed by atoms with Crippen molar-refractivity contribution in [2.24, 2.45) is 5.11 Å². The van der Waals surface area contributed by atoms with Gasteiger partial charge >= 0.3 is 11.9 Å². The molecular weight excluding hydrogens is 202 g/mol. The number of esters is 2. The van der Waals surface area contributed by atoms with Crippen molar-refractivity contribution in [3.8, 4) is 0 Å². The molecule has 15 heavy (non-hydrogen) atoms. The number of hydrogen-bond donors (Lipinski definition) is 0. The lowest BCUT2D eigenvalue weighted by molar-refractivity contribution is -0.141. The van der Waals surface area contributed by atoms with Gasteiger partial charge in [-0.3, -0.25) is 0 Å². The van der Waals surface area contributed by atoms with E-state index in [1.54, 1.807) is 13.8 Å². The third-order valence-corrected chi connectivity index (χ3v) is 1.18. The van der Waals surface area contributed by atoms with Crippen LogP contribution in [0.2, 0.25) is 0 Å². The molecule has 7 heteroatoms. The van der Waals surface area contributed by atoms with Gasteiger partial charge < -0.3 is 9.47 Å². The molecule has 82 valence electrons. The normalized spacial score (nSPS) is 10.1. The Kier molecular flexibility index (Phi) is 6.41. The third-order valence-electron chi connectivity index (χ3n) is 1.18. The van der Waals surface area contributed by atoms with Gasteiger partial charge in [-0.2, -0.15) is 0 Å². The van der Waals surface area contributed by atoms with Gasteiger partial charge in [0.25, 0.3) is 0 Å². The molecule has 0 aromatic rings. The standard InChI is InChI=1S/C8H11N3O4/c1-3-14-7(12)5-6(10-11-9)8(13)15-4-2/h5H,3-4H2,1-2H3/b6-5-. The summed E-state index contributed by atoms with van der Waals surface area (Å²) in [4.78, 5) is 24.5.